The average molecular weight is 1280 g/mol. The van der Waals surface area contributed by atoms with Crippen LogP contribution in [0.15, 0.2) is 70.3 Å². The quantitative estimate of drug-likeness (QED) is 0.0659. The summed E-state index contributed by atoms with van der Waals surface area (Å²) in [6.07, 6.45) is 2.19. The summed E-state index contributed by atoms with van der Waals surface area (Å²) in [5, 5.41) is 7.28. The molecule has 5 fully saturated rings. The number of benzene rings is 2. The van der Waals surface area contributed by atoms with Gasteiger partial charge in [0, 0.05) is 174 Å². The number of carbonyl (C=O) groups is 4. The van der Waals surface area contributed by atoms with Gasteiger partial charge in [-0.15, -0.1) is 0 Å². The number of amides is 4. The molecule has 8 N–H and O–H groups in total. The molecular formula is C68H96F2N14O8. The highest BCUT2D eigenvalue weighted by molar-refractivity contribution is 5.98. The molecule has 0 saturated carbocycles. The van der Waals surface area contributed by atoms with Gasteiger partial charge in [0.2, 0.25) is 23.6 Å². The van der Waals surface area contributed by atoms with Crippen LogP contribution in [0, 0.1) is 11.6 Å². The molecule has 22 nitrogen and oxygen atoms in total. The van der Waals surface area contributed by atoms with Gasteiger partial charge in [-0.2, -0.15) is 0 Å². The number of nitrogens with one attached hydrogen (secondary N) is 4. The number of aromatic nitrogens is 2. The molecule has 0 aliphatic carbocycles. The predicted octanol–water partition coefficient (Wildman–Crippen LogP) is 2.08. The molecule has 7 aliphatic rings. The highest BCUT2D eigenvalue weighted by Crippen LogP contribution is 2.41. The summed E-state index contributed by atoms with van der Waals surface area (Å²) in [6.45, 7) is 24.7. The van der Waals surface area contributed by atoms with E-state index in [1.807, 2.05) is 49.6 Å². The molecule has 4 aromatic rings. The zero-order valence-electron chi connectivity index (χ0n) is 54.5. The molecule has 8 atom stereocenters. The summed E-state index contributed by atoms with van der Waals surface area (Å²) in [6, 6.07) is 15.6. The Balaban J connectivity index is 0.666. The molecule has 0 radical (unpaired) electrons. The van der Waals surface area contributed by atoms with Gasteiger partial charge in [0.15, 0.2) is 12.2 Å². The van der Waals surface area contributed by atoms with Crippen LogP contribution in [0.1, 0.15) is 101 Å². The van der Waals surface area contributed by atoms with Crippen LogP contribution in [0.3, 0.4) is 0 Å². The van der Waals surface area contributed by atoms with Gasteiger partial charge in [-0.3, -0.25) is 48.4 Å². The number of hydrogen-bond donors (Lipinski definition) is 6. The van der Waals surface area contributed by atoms with Gasteiger partial charge < -0.3 is 61.1 Å². The van der Waals surface area contributed by atoms with E-state index in [9.17, 15) is 37.5 Å². The third-order valence-corrected chi connectivity index (χ3v) is 20.4. The minimum absolute atomic E-state index is 0.0418. The summed E-state index contributed by atoms with van der Waals surface area (Å²) in [7, 11) is 0. The number of fused-ring (bicyclic) bond motifs is 2. The number of pyridine rings is 2. The van der Waals surface area contributed by atoms with E-state index in [1.54, 1.807) is 24.3 Å². The first-order valence-corrected chi connectivity index (χ1v) is 33.3. The van der Waals surface area contributed by atoms with Crippen molar-refractivity contribution < 1.29 is 37.4 Å². The SMILES string of the molecule is C[C@@H]1CN(CC(=O)N2CC(C)(C)c3[nH]c(=O)c(Cc4ccc(F)cc4)cc32)[C@@H](CN2CCOC(C(N)=O)C2CCCN2CCN(CCCC3C(C(N)=O)OCCN3C[C@H]3CN[C@H](C)CN3CC(=O)N3CC(C)(C)c4[nH]c(=O)c(Cc5ccc(F)cc5)cc43)CC2)CN1. The standard InChI is InChI=1S/C68H96F2N14O8/c1-43-35-81(39-57(85)83-41-67(3,4)61-55(83)31-47(65(89)75-61)29-45-11-15-49(69)16-12-45)51(33-73-43)37-79-25-27-91-59(63(71)87)53(79)9-7-19-77-21-23-78(24-22-77)20-8-10-54-60(64(72)88)92-28-26-80(54)38-52-34-74-44(2)36-82(52)40-58(86)84-42-68(5,6)62-56(84)32-48(66(90)76-62)30-46-13-17-50(70)18-14-46/h11-18,31-32,43-44,51-54,59-60,73-74H,7-10,19-30,33-42H2,1-6H3,(H2,71,87)(H2,72,88)(H,75,89)(H,76,90)/t43-,44-,51-,52-,53?,54?,59?,60?/m1/s1. The number of nitrogens with two attached hydrogens (primary N) is 2. The second kappa shape index (κ2) is 28.7. The second-order valence-corrected chi connectivity index (χ2v) is 28.4. The Morgan fingerprint density at radius 3 is 1.32 bits per heavy atom. The summed E-state index contributed by atoms with van der Waals surface area (Å²) in [5.41, 5.74) is 16.2. The van der Waals surface area contributed by atoms with Crippen LogP contribution in [-0.4, -0.2) is 242 Å². The molecule has 2 aromatic carbocycles. The van der Waals surface area contributed by atoms with Crippen molar-refractivity contribution in [2.75, 3.05) is 141 Å². The van der Waals surface area contributed by atoms with Crippen molar-refractivity contribution in [3.8, 4) is 0 Å². The maximum absolute atomic E-state index is 14.6. The predicted molar refractivity (Wildman–Crippen MR) is 349 cm³/mol. The van der Waals surface area contributed by atoms with Gasteiger partial charge in [0.25, 0.3) is 11.1 Å². The van der Waals surface area contributed by atoms with Crippen LogP contribution in [0.5, 0.6) is 0 Å². The Labute approximate surface area is 538 Å². The van der Waals surface area contributed by atoms with Crippen LogP contribution in [0.25, 0.3) is 0 Å². The van der Waals surface area contributed by atoms with Crippen molar-refractivity contribution in [2.24, 2.45) is 11.5 Å². The first-order chi connectivity index (χ1) is 44.0. The van der Waals surface area contributed by atoms with Crippen LogP contribution < -0.4 is 43.0 Å². The highest BCUT2D eigenvalue weighted by atomic mass is 19.1. The van der Waals surface area contributed by atoms with Gasteiger partial charge in [-0.1, -0.05) is 52.0 Å². The number of H-pyrrole nitrogens is 2. The van der Waals surface area contributed by atoms with Gasteiger partial charge in [-0.05, 0) is 100 Å². The van der Waals surface area contributed by atoms with E-state index in [0.29, 0.717) is 127 Å². The van der Waals surface area contributed by atoms with E-state index in [4.69, 9.17) is 20.9 Å². The molecule has 24 heteroatoms. The summed E-state index contributed by atoms with van der Waals surface area (Å²) in [5.74, 6) is -1.77. The van der Waals surface area contributed by atoms with E-state index >= 15 is 0 Å². The molecule has 0 bridgehead atoms. The van der Waals surface area contributed by atoms with E-state index in [1.165, 1.54) is 24.3 Å². The van der Waals surface area contributed by atoms with E-state index in [0.717, 1.165) is 74.6 Å². The van der Waals surface area contributed by atoms with Crippen molar-refractivity contribution in [3.05, 3.63) is 127 Å². The lowest BCUT2D eigenvalue weighted by Crippen LogP contribution is -2.64. The Kier molecular flexibility index (Phi) is 21.0. The van der Waals surface area contributed by atoms with Crippen LogP contribution in [0.2, 0.25) is 0 Å². The van der Waals surface area contributed by atoms with Crippen LogP contribution in [0.4, 0.5) is 20.2 Å². The zero-order chi connectivity index (χ0) is 65.2. The van der Waals surface area contributed by atoms with Gasteiger partial charge in [0.05, 0.1) is 37.7 Å². The number of nitrogens with zero attached hydrogens (tertiary/aromatic N) is 8. The Hall–Kier alpha value is -6.32. The van der Waals surface area contributed by atoms with Crippen molar-refractivity contribution in [3.63, 3.8) is 0 Å². The molecule has 4 unspecified atom stereocenters. The van der Waals surface area contributed by atoms with Gasteiger partial charge in [-0.25, -0.2) is 8.78 Å². The van der Waals surface area contributed by atoms with Gasteiger partial charge >= 0.3 is 0 Å². The molecule has 7 aliphatic heterocycles. The number of carbonyl (C=O) groups excluding carboxylic acids is 4. The van der Waals surface area contributed by atoms with Crippen LogP contribution in [-0.2, 0) is 52.3 Å². The van der Waals surface area contributed by atoms with E-state index in [-0.39, 0.29) is 83.9 Å². The molecule has 2 aromatic heterocycles. The number of rotatable bonds is 22. The number of hydrogen-bond acceptors (Lipinski definition) is 16. The third kappa shape index (κ3) is 15.6. The Bertz CT molecular complexity index is 3170. The maximum atomic E-state index is 14.6. The fourth-order valence-corrected chi connectivity index (χ4v) is 15.4. The fourth-order valence-electron chi connectivity index (χ4n) is 15.4. The largest absolute Gasteiger partial charge is 0.367 e. The summed E-state index contributed by atoms with van der Waals surface area (Å²) >= 11 is 0. The monoisotopic (exact) mass is 1270 g/mol. The number of aromatic amines is 2. The fraction of sp³-hybridized carbons (Fsp3) is 0.618. The van der Waals surface area contributed by atoms with Crippen LogP contribution >= 0.6 is 0 Å². The number of primary amides is 2. The zero-order valence-corrected chi connectivity index (χ0v) is 54.5. The molecule has 9 heterocycles. The smallest absolute Gasteiger partial charge is 0.251 e. The first-order valence-electron chi connectivity index (χ1n) is 33.3. The van der Waals surface area contributed by atoms with E-state index < -0.39 is 34.9 Å². The lowest BCUT2D eigenvalue weighted by Gasteiger charge is -2.46. The molecule has 4 amide bonds. The summed E-state index contributed by atoms with van der Waals surface area (Å²) < 4.78 is 39.7. The molecule has 500 valence electrons. The minimum atomic E-state index is -0.760. The van der Waals surface area contributed by atoms with E-state index in [2.05, 4.69) is 63.8 Å². The molecule has 92 heavy (non-hydrogen) atoms. The number of piperazine rings is 3. The second-order valence-electron chi connectivity index (χ2n) is 28.4. The van der Waals surface area contributed by atoms with Crippen molar-refractivity contribution in [2.45, 2.75) is 139 Å². The van der Waals surface area contributed by atoms with Crippen molar-refractivity contribution in [1.29, 1.82) is 0 Å². The minimum Gasteiger partial charge on any atom is -0.367 e. The van der Waals surface area contributed by atoms with Gasteiger partial charge in [0.1, 0.15) is 11.6 Å². The molecule has 11 rings (SSSR count). The number of anilines is 2. The average Bonchev–Trinajstić information content (AvgIpc) is 1.61. The third-order valence-electron chi connectivity index (χ3n) is 20.4. The molecule has 5 saturated heterocycles. The highest BCUT2D eigenvalue weighted by Gasteiger charge is 2.45. The number of morpholine rings is 2. The lowest BCUT2D eigenvalue weighted by molar-refractivity contribution is -0.144. The Morgan fingerprint density at radius 2 is 0.946 bits per heavy atom. The van der Waals surface area contributed by atoms with Crippen molar-refractivity contribution in [1.82, 2.24) is 50.0 Å². The van der Waals surface area contributed by atoms with Crippen molar-refractivity contribution >= 4 is 35.0 Å². The first kappa shape index (κ1) is 67.1. The topological polar surface area (TPSA) is 254 Å². The number of ether oxygens (including phenoxy) is 2. The maximum Gasteiger partial charge on any atom is 0.251 e. The molecule has 0 spiro atoms. The molecular weight excluding hydrogens is 1180 g/mol. The number of halogens is 2. The normalized spacial score (nSPS) is 26.7. The Morgan fingerprint density at radius 1 is 0.565 bits per heavy atom. The lowest BCUT2D eigenvalue weighted by atomic mass is 9.91. The summed E-state index contributed by atoms with van der Waals surface area (Å²) in [4.78, 5) is 106.